The van der Waals surface area contributed by atoms with Gasteiger partial charge in [-0.3, -0.25) is 14.4 Å². The number of benzene rings is 1. The van der Waals surface area contributed by atoms with Crippen LogP contribution in [0.3, 0.4) is 0 Å². The lowest BCUT2D eigenvalue weighted by Gasteiger charge is -2.26. The minimum atomic E-state index is -1.13. The summed E-state index contributed by atoms with van der Waals surface area (Å²) in [5.41, 5.74) is 1.79. The van der Waals surface area contributed by atoms with Crippen molar-refractivity contribution in [3.8, 4) is 0 Å². The molecular weight excluding hydrogens is 494 g/mol. The first-order valence-electron chi connectivity index (χ1n) is 12.6. The number of rotatable bonds is 13. The first-order chi connectivity index (χ1) is 17.7. The molecule has 37 heavy (non-hydrogen) atoms. The normalized spacial score (nSPS) is 17.8. The van der Waals surface area contributed by atoms with Crippen molar-refractivity contribution in [2.45, 2.75) is 63.7 Å². The Morgan fingerprint density at radius 3 is 2.46 bits per heavy atom. The highest BCUT2D eigenvalue weighted by atomic mass is 32.2. The van der Waals surface area contributed by atoms with Gasteiger partial charge in [0.1, 0.15) is 18.1 Å². The van der Waals surface area contributed by atoms with Crippen LogP contribution >= 0.6 is 11.8 Å². The summed E-state index contributed by atoms with van der Waals surface area (Å²) in [4.78, 5) is 54.3. The van der Waals surface area contributed by atoms with Crippen molar-refractivity contribution in [2.75, 3.05) is 18.6 Å². The Hall–Kier alpha value is -3.05. The van der Waals surface area contributed by atoms with Gasteiger partial charge in [-0.05, 0) is 55.4 Å². The summed E-state index contributed by atoms with van der Waals surface area (Å²) < 4.78 is 0. The summed E-state index contributed by atoms with van der Waals surface area (Å²) >= 11 is 1.52. The Bertz CT molecular complexity index is 1100. The minimum absolute atomic E-state index is 0.231. The second kappa shape index (κ2) is 13.5. The zero-order valence-electron chi connectivity index (χ0n) is 21.5. The van der Waals surface area contributed by atoms with E-state index in [1.54, 1.807) is 13.8 Å². The van der Waals surface area contributed by atoms with Gasteiger partial charge < -0.3 is 31.4 Å². The van der Waals surface area contributed by atoms with Crippen LogP contribution in [0.1, 0.15) is 38.7 Å². The average Bonchev–Trinajstić information content (AvgIpc) is 3.54. The van der Waals surface area contributed by atoms with E-state index < -0.39 is 35.9 Å². The second-order valence-corrected chi connectivity index (χ2v) is 10.7. The molecule has 1 aromatic carbocycles. The molecule has 4 unspecified atom stereocenters. The molecule has 1 aliphatic rings. The van der Waals surface area contributed by atoms with E-state index in [-0.39, 0.29) is 24.3 Å². The van der Waals surface area contributed by atoms with E-state index in [0.29, 0.717) is 18.6 Å². The van der Waals surface area contributed by atoms with Gasteiger partial charge in [0, 0.05) is 23.5 Å². The molecule has 10 nitrogen and oxygen atoms in total. The number of H-pyrrole nitrogens is 1. The number of thioether (sulfide) groups is 1. The van der Waals surface area contributed by atoms with Gasteiger partial charge in [-0.25, -0.2) is 4.79 Å². The first-order valence-corrected chi connectivity index (χ1v) is 14.0. The lowest BCUT2D eigenvalue weighted by Crippen LogP contribution is -2.58. The lowest BCUT2D eigenvalue weighted by molar-refractivity contribution is -0.143. The van der Waals surface area contributed by atoms with Gasteiger partial charge in [-0.2, -0.15) is 11.8 Å². The lowest BCUT2D eigenvalue weighted by atomic mass is 10.0. The van der Waals surface area contributed by atoms with Crippen molar-refractivity contribution in [2.24, 2.45) is 5.92 Å². The van der Waals surface area contributed by atoms with Crippen molar-refractivity contribution < 1.29 is 24.3 Å². The van der Waals surface area contributed by atoms with Crippen LogP contribution in [-0.2, 0) is 25.6 Å². The van der Waals surface area contributed by atoms with Crippen LogP contribution in [-0.4, -0.2) is 76.5 Å². The fourth-order valence-electron chi connectivity index (χ4n) is 4.45. The van der Waals surface area contributed by atoms with Gasteiger partial charge in [0.15, 0.2) is 0 Å². The van der Waals surface area contributed by atoms with Crippen LogP contribution in [0.4, 0.5) is 0 Å². The zero-order chi connectivity index (χ0) is 26.9. The van der Waals surface area contributed by atoms with Crippen LogP contribution in [0.25, 0.3) is 10.9 Å². The maximum Gasteiger partial charge on any atom is 0.326 e. The fourth-order valence-corrected chi connectivity index (χ4v) is 4.93. The number of carboxylic acid groups (broad SMARTS) is 1. The van der Waals surface area contributed by atoms with Crippen LogP contribution < -0.4 is 21.3 Å². The summed E-state index contributed by atoms with van der Waals surface area (Å²) in [5, 5.41) is 21.8. The number of carboxylic acids is 1. The van der Waals surface area contributed by atoms with E-state index in [1.165, 1.54) is 11.8 Å². The number of amides is 3. The summed E-state index contributed by atoms with van der Waals surface area (Å²) in [5.74, 6) is -2.18. The van der Waals surface area contributed by atoms with Crippen molar-refractivity contribution in [1.29, 1.82) is 0 Å². The number of nitrogens with one attached hydrogen (secondary N) is 5. The van der Waals surface area contributed by atoms with Crippen molar-refractivity contribution in [3.05, 3.63) is 36.0 Å². The van der Waals surface area contributed by atoms with Crippen molar-refractivity contribution >= 4 is 46.4 Å². The molecule has 0 aliphatic carbocycles. The molecule has 202 valence electrons. The Morgan fingerprint density at radius 2 is 1.81 bits per heavy atom. The second-order valence-electron chi connectivity index (χ2n) is 9.68. The van der Waals surface area contributed by atoms with Crippen molar-refractivity contribution in [3.63, 3.8) is 0 Å². The highest BCUT2D eigenvalue weighted by Gasteiger charge is 2.32. The molecule has 0 radical (unpaired) electrons. The Kier molecular flexibility index (Phi) is 10.4. The number of aromatic nitrogens is 1. The predicted octanol–water partition coefficient (Wildman–Crippen LogP) is 1.41. The largest absolute Gasteiger partial charge is 0.480 e. The fraction of sp³-hybridized carbons (Fsp3) is 0.538. The highest BCUT2D eigenvalue weighted by Crippen LogP contribution is 2.19. The van der Waals surface area contributed by atoms with Gasteiger partial charge in [0.05, 0.1) is 6.04 Å². The summed E-state index contributed by atoms with van der Waals surface area (Å²) in [6, 6.07) is 4.41. The molecular formula is C26H37N5O5S. The number of hydrogen-bond acceptors (Lipinski definition) is 6. The van der Waals surface area contributed by atoms with Crippen LogP contribution in [0.5, 0.6) is 0 Å². The third-order valence-corrected chi connectivity index (χ3v) is 7.23. The molecule has 2 heterocycles. The number of fused-ring (bicyclic) bond motifs is 1. The Morgan fingerprint density at radius 1 is 1.08 bits per heavy atom. The molecule has 3 amide bonds. The molecule has 1 aliphatic heterocycles. The molecule has 0 saturated carbocycles. The maximum atomic E-state index is 13.5. The number of para-hydroxylation sites is 1. The molecule has 6 N–H and O–H groups in total. The summed E-state index contributed by atoms with van der Waals surface area (Å²) in [6.07, 6.45) is 5.84. The summed E-state index contributed by atoms with van der Waals surface area (Å²) in [6.45, 7) is 4.16. The van der Waals surface area contributed by atoms with Gasteiger partial charge in [0.25, 0.3) is 0 Å². The third kappa shape index (κ3) is 7.72. The topological polar surface area (TPSA) is 152 Å². The smallest absolute Gasteiger partial charge is 0.326 e. The standard InChI is InChI=1S/C26H37N5O5S/c1-15(2)22(26(35)36)31-24(33)20(10-12-37-3)29-25(34)21(30-23(32)19-9-6-11-27-19)13-16-14-28-18-8-5-4-7-17(16)18/h4-5,7-8,14-15,19-22,27-28H,6,9-13H2,1-3H3,(H,29,34)(H,30,32)(H,31,33)(H,35,36). The number of hydrogen-bond donors (Lipinski definition) is 6. The molecule has 1 fully saturated rings. The zero-order valence-corrected chi connectivity index (χ0v) is 22.3. The number of carbonyl (C=O) groups excluding carboxylic acids is 3. The molecule has 0 bridgehead atoms. The molecule has 1 saturated heterocycles. The summed E-state index contributed by atoms with van der Waals surface area (Å²) in [7, 11) is 0. The molecule has 3 rings (SSSR count). The van der Waals surface area contributed by atoms with Gasteiger partial charge in [0.2, 0.25) is 17.7 Å². The molecule has 0 spiro atoms. The van der Waals surface area contributed by atoms with E-state index in [1.807, 2.05) is 36.7 Å². The van der Waals surface area contributed by atoms with E-state index >= 15 is 0 Å². The quantitative estimate of drug-likeness (QED) is 0.229. The minimum Gasteiger partial charge on any atom is -0.480 e. The molecule has 1 aromatic heterocycles. The van der Waals surface area contributed by atoms with E-state index in [0.717, 1.165) is 29.4 Å². The van der Waals surface area contributed by atoms with Gasteiger partial charge in [-0.1, -0.05) is 32.0 Å². The maximum absolute atomic E-state index is 13.5. The Labute approximate surface area is 221 Å². The van der Waals surface area contributed by atoms with Crippen molar-refractivity contribution in [1.82, 2.24) is 26.3 Å². The predicted molar refractivity (Wildman–Crippen MR) is 144 cm³/mol. The monoisotopic (exact) mass is 531 g/mol. The van der Waals surface area contributed by atoms with Crippen LogP contribution in [0.2, 0.25) is 0 Å². The van der Waals surface area contributed by atoms with E-state index in [4.69, 9.17) is 0 Å². The van der Waals surface area contributed by atoms with E-state index in [2.05, 4.69) is 26.3 Å². The number of aliphatic carboxylic acids is 1. The Balaban J connectivity index is 1.80. The molecule has 2 aromatic rings. The molecule has 4 atom stereocenters. The molecule has 11 heteroatoms. The van der Waals surface area contributed by atoms with Gasteiger partial charge in [-0.15, -0.1) is 0 Å². The highest BCUT2D eigenvalue weighted by molar-refractivity contribution is 7.98. The first kappa shape index (κ1) is 28.5. The van der Waals surface area contributed by atoms with Crippen LogP contribution in [0.15, 0.2) is 30.5 Å². The van der Waals surface area contributed by atoms with Gasteiger partial charge >= 0.3 is 5.97 Å². The van der Waals surface area contributed by atoms with E-state index in [9.17, 15) is 24.3 Å². The number of aromatic amines is 1. The average molecular weight is 532 g/mol. The number of carbonyl (C=O) groups is 4. The third-order valence-electron chi connectivity index (χ3n) is 6.58. The SMILES string of the molecule is CSCCC(NC(=O)C(Cc1c[nH]c2ccccc12)NC(=O)C1CCCN1)C(=O)NC(C(=O)O)C(C)C. The van der Waals surface area contributed by atoms with Crippen LogP contribution in [0, 0.1) is 5.92 Å².